The van der Waals surface area contributed by atoms with Crippen LogP contribution in [0.5, 0.6) is 0 Å². The molecular weight excluding hydrogens is 286 g/mol. The van der Waals surface area contributed by atoms with E-state index in [0.29, 0.717) is 12.1 Å². The Kier molecular flexibility index (Phi) is 5.36. The van der Waals surface area contributed by atoms with Crippen molar-refractivity contribution >= 4 is 15.7 Å². The minimum Gasteiger partial charge on any atom is -0.384 e. The molecule has 0 bridgehead atoms. The van der Waals surface area contributed by atoms with Crippen LogP contribution in [0.15, 0.2) is 29.2 Å². The van der Waals surface area contributed by atoms with E-state index in [4.69, 9.17) is 11.1 Å². The van der Waals surface area contributed by atoms with Crippen LogP contribution in [0.1, 0.15) is 31.2 Å². The number of rotatable bonds is 5. The highest BCUT2D eigenvalue weighted by molar-refractivity contribution is 7.91. The lowest BCUT2D eigenvalue weighted by Crippen LogP contribution is -2.30. The highest BCUT2D eigenvalue weighted by Gasteiger charge is 2.18. The van der Waals surface area contributed by atoms with E-state index >= 15 is 0 Å². The predicted molar refractivity (Wildman–Crippen MR) is 84.4 cm³/mol. The van der Waals surface area contributed by atoms with Crippen molar-refractivity contribution in [1.29, 1.82) is 5.41 Å². The molecule has 5 nitrogen and oxygen atoms in total. The molecule has 0 aromatic heterocycles. The molecule has 0 aliphatic carbocycles. The lowest BCUT2D eigenvalue weighted by Gasteiger charge is -2.19. The van der Waals surface area contributed by atoms with E-state index in [1.165, 1.54) is 18.9 Å². The summed E-state index contributed by atoms with van der Waals surface area (Å²) in [6, 6.07) is 6.34. The quantitative estimate of drug-likeness (QED) is 0.639. The third-order valence-corrected chi connectivity index (χ3v) is 5.57. The van der Waals surface area contributed by atoms with Crippen LogP contribution in [0, 0.1) is 5.41 Å². The molecule has 2 rings (SSSR count). The second-order valence-corrected chi connectivity index (χ2v) is 7.63. The molecule has 0 saturated carbocycles. The minimum atomic E-state index is -3.32. The average molecular weight is 309 g/mol. The SMILES string of the molecule is N=C(N)c1cccc(S(=O)(=O)CCN2CCCCCC2)c1. The molecule has 0 spiro atoms. The molecule has 1 aromatic rings. The molecule has 1 aromatic carbocycles. The summed E-state index contributed by atoms with van der Waals surface area (Å²) in [6.45, 7) is 2.55. The molecular formula is C15H23N3O2S. The highest BCUT2D eigenvalue weighted by Crippen LogP contribution is 2.15. The molecule has 116 valence electrons. The summed E-state index contributed by atoms with van der Waals surface area (Å²) in [5, 5.41) is 7.40. The van der Waals surface area contributed by atoms with E-state index in [-0.39, 0.29) is 16.5 Å². The molecule has 1 aliphatic heterocycles. The van der Waals surface area contributed by atoms with Gasteiger partial charge in [0.25, 0.3) is 0 Å². The van der Waals surface area contributed by atoms with E-state index in [1.807, 2.05) is 0 Å². The lowest BCUT2D eigenvalue weighted by molar-refractivity contribution is 0.301. The maximum atomic E-state index is 12.4. The number of sulfone groups is 1. The van der Waals surface area contributed by atoms with E-state index < -0.39 is 9.84 Å². The van der Waals surface area contributed by atoms with Crippen LogP contribution >= 0.6 is 0 Å². The molecule has 21 heavy (non-hydrogen) atoms. The van der Waals surface area contributed by atoms with Crippen molar-refractivity contribution in [3.63, 3.8) is 0 Å². The van der Waals surface area contributed by atoms with Gasteiger partial charge in [-0.25, -0.2) is 8.42 Å². The number of hydrogen-bond acceptors (Lipinski definition) is 4. The Labute approximate surface area is 126 Å². The number of nitrogens with one attached hydrogen (secondary N) is 1. The van der Waals surface area contributed by atoms with Gasteiger partial charge in [-0.15, -0.1) is 0 Å². The third-order valence-electron chi connectivity index (χ3n) is 3.88. The van der Waals surface area contributed by atoms with Crippen molar-refractivity contribution in [2.75, 3.05) is 25.4 Å². The summed E-state index contributed by atoms with van der Waals surface area (Å²) in [5.74, 6) is 0.00789. The number of hydrogen-bond donors (Lipinski definition) is 2. The van der Waals surface area contributed by atoms with Crippen LogP contribution in [-0.4, -0.2) is 44.5 Å². The number of benzene rings is 1. The van der Waals surface area contributed by atoms with Crippen LogP contribution < -0.4 is 5.73 Å². The normalized spacial score (nSPS) is 17.3. The zero-order valence-electron chi connectivity index (χ0n) is 12.2. The van der Waals surface area contributed by atoms with Gasteiger partial charge in [0.1, 0.15) is 5.84 Å². The van der Waals surface area contributed by atoms with Crippen molar-refractivity contribution in [3.8, 4) is 0 Å². The van der Waals surface area contributed by atoms with E-state index in [2.05, 4.69) is 4.90 Å². The topological polar surface area (TPSA) is 87.2 Å². The van der Waals surface area contributed by atoms with Crippen LogP contribution in [0.25, 0.3) is 0 Å². The Morgan fingerprint density at radius 2 is 1.86 bits per heavy atom. The fourth-order valence-corrected chi connectivity index (χ4v) is 3.91. The summed E-state index contributed by atoms with van der Waals surface area (Å²) >= 11 is 0. The number of amidine groups is 1. The smallest absolute Gasteiger partial charge is 0.179 e. The van der Waals surface area contributed by atoms with Gasteiger partial charge in [0.05, 0.1) is 10.6 Å². The summed E-state index contributed by atoms with van der Waals surface area (Å²) in [5.41, 5.74) is 5.86. The Morgan fingerprint density at radius 1 is 1.19 bits per heavy atom. The zero-order chi connectivity index (χ0) is 15.3. The molecule has 0 unspecified atom stereocenters. The largest absolute Gasteiger partial charge is 0.384 e. The minimum absolute atomic E-state index is 0.112. The summed E-state index contributed by atoms with van der Waals surface area (Å²) < 4.78 is 24.8. The standard InChI is InChI=1S/C15H23N3O2S/c16-15(17)13-6-5-7-14(12-13)21(19,20)11-10-18-8-3-1-2-4-9-18/h5-7,12H,1-4,8-11H2,(H3,16,17). The zero-order valence-corrected chi connectivity index (χ0v) is 13.0. The Morgan fingerprint density at radius 3 is 2.48 bits per heavy atom. The Hall–Kier alpha value is -1.40. The van der Waals surface area contributed by atoms with Gasteiger partial charge in [-0.2, -0.15) is 0 Å². The number of nitrogen functional groups attached to an aromatic ring is 1. The van der Waals surface area contributed by atoms with Crippen molar-refractivity contribution < 1.29 is 8.42 Å². The van der Waals surface area contributed by atoms with Gasteiger partial charge in [0, 0.05) is 12.1 Å². The van der Waals surface area contributed by atoms with Gasteiger partial charge >= 0.3 is 0 Å². The highest BCUT2D eigenvalue weighted by atomic mass is 32.2. The first-order valence-electron chi connectivity index (χ1n) is 7.38. The molecule has 1 aliphatic rings. The fraction of sp³-hybridized carbons (Fsp3) is 0.533. The first-order valence-corrected chi connectivity index (χ1v) is 9.04. The molecule has 1 saturated heterocycles. The predicted octanol–water partition coefficient (Wildman–Crippen LogP) is 1.62. The van der Waals surface area contributed by atoms with Gasteiger partial charge in [-0.05, 0) is 38.1 Å². The average Bonchev–Trinajstić information content (AvgIpc) is 2.74. The van der Waals surface area contributed by atoms with Gasteiger partial charge in [0.15, 0.2) is 9.84 Å². The van der Waals surface area contributed by atoms with Crippen LogP contribution in [0.2, 0.25) is 0 Å². The second-order valence-electron chi connectivity index (χ2n) is 5.52. The number of nitrogens with two attached hydrogens (primary N) is 1. The van der Waals surface area contributed by atoms with Gasteiger partial charge in [-0.3, -0.25) is 5.41 Å². The first kappa shape index (κ1) is 16.0. The first-order chi connectivity index (χ1) is 9.99. The molecule has 1 heterocycles. The van der Waals surface area contributed by atoms with Crippen molar-refractivity contribution in [1.82, 2.24) is 4.90 Å². The second kappa shape index (κ2) is 7.04. The monoisotopic (exact) mass is 309 g/mol. The van der Waals surface area contributed by atoms with Crippen LogP contribution in [0.3, 0.4) is 0 Å². The number of nitrogens with zero attached hydrogens (tertiary/aromatic N) is 1. The van der Waals surface area contributed by atoms with Gasteiger partial charge < -0.3 is 10.6 Å². The molecule has 0 radical (unpaired) electrons. The molecule has 1 fully saturated rings. The fourth-order valence-electron chi connectivity index (χ4n) is 2.58. The van der Waals surface area contributed by atoms with Gasteiger partial charge in [0.2, 0.25) is 0 Å². The van der Waals surface area contributed by atoms with Crippen molar-refractivity contribution in [2.24, 2.45) is 5.73 Å². The number of likely N-dealkylation sites (tertiary alicyclic amines) is 1. The summed E-state index contributed by atoms with van der Waals surface area (Å²) in [7, 11) is -3.32. The maximum Gasteiger partial charge on any atom is 0.179 e. The summed E-state index contributed by atoms with van der Waals surface area (Å²) in [6.07, 6.45) is 4.79. The van der Waals surface area contributed by atoms with Gasteiger partial charge in [-0.1, -0.05) is 25.0 Å². The van der Waals surface area contributed by atoms with Crippen molar-refractivity contribution in [3.05, 3.63) is 29.8 Å². The maximum absolute atomic E-state index is 12.4. The van der Waals surface area contributed by atoms with Crippen LogP contribution in [-0.2, 0) is 9.84 Å². The molecule has 0 atom stereocenters. The van der Waals surface area contributed by atoms with E-state index in [9.17, 15) is 8.42 Å². The van der Waals surface area contributed by atoms with E-state index in [1.54, 1.807) is 18.2 Å². The molecule has 3 N–H and O–H groups in total. The molecule has 0 amide bonds. The van der Waals surface area contributed by atoms with E-state index in [0.717, 1.165) is 25.9 Å². The van der Waals surface area contributed by atoms with Crippen LogP contribution in [0.4, 0.5) is 0 Å². The Bertz CT molecular complexity index is 591. The van der Waals surface area contributed by atoms with Crippen molar-refractivity contribution in [2.45, 2.75) is 30.6 Å². The lowest BCUT2D eigenvalue weighted by atomic mass is 10.2. The summed E-state index contributed by atoms with van der Waals surface area (Å²) in [4.78, 5) is 2.49. The third kappa shape index (κ3) is 4.54. The Balaban J connectivity index is 2.04. The molecule has 6 heteroatoms.